The van der Waals surface area contributed by atoms with E-state index >= 15 is 0 Å². The maximum Gasteiger partial charge on any atom is 0.200 e. The van der Waals surface area contributed by atoms with Gasteiger partial charge in [0, 0.05) is 0 Å². The SMILES string of the molecule is C=C(OC)/C(F)=C(/F)C(=C)C(C)CCC(C)C(C)CCC(C)CC.CC1CC1. The van der Waals surface area contributed by atoms with Crippen LogP contribution in [0.1, 0.15) is 86.5 Å². The number of methoxy groups -OCH3 is 1. The van der Waals surface area contributed by atoms with Crippen molar-refractivity contribution < 1.29 is 13.5 Å². The second-order valence-electron chi connectivity index (χ2n) is 8.99. The molecular formula is C25H44F2O. The molecule has 0 spiro atoms. The summed E-state index contributed by atoms with van der Waals surface area (Å²) in [7, 11) is 1.27. The van der Waals surface area contributed by atoms with Gasteiger partial charge in [-0.1, -0.05) is 86.8 Å². The second kappa shape index (κ2) is 14.0. The van der Waals surface area contributed by atoms with Crippen LogP contribution in [0.15, 0.2) is 36.1 Å². The molecule has 1 aliphatic carbocycles. The molecule has 4 atom stereocenters. The lowest BCUT2D eigenvalue weighted by Gasteiger charge is -2.23. The van der Waals surface area contributed by atoms with Gasteiger partial charge in [0.05, 0.1) is 7.11 Å². The first-order valence-corrected chi connectivity index (χ1v) is 11.0. The van der Waals surface area contributed by atoms with Crippen LogP contribution in [0.2, 0.25) is 0 Å². The quantitative estimate of drug-likeness (QED) is 0.236. The molecule has 0 N–H and O–H groups in total. The number of halogens is 2. The van der Waals surface area contributed by atoms with E-state index in [1.807, 2.05) is 6.92 Å². The van der Waals surface area contributed by atoms with E-state index in [-0.39, 0.29) is 17.3 Å². The molecule has 1 rings (SSSR count). The van der Waals surface area contributed by atoms with Crippen molar-refractivity contribution in [3.63, 3.8) is 0 Å². The van der Waals surface area contributed by atoms with Crippen molar-refractivity contribution in [1.29, 1.82) is 0 Å². The van der Waals surface area contributed by atoms with E-state index in [1.165, 1.54) is 39.2 Å². The summed E-state index contributed by atoms with van der Waals surface area (Å²) in [5, 5.41) is 0. The van der Waals surface area contributed by atoms with Gasteiger partial charge in [-0.05, 0) is 48.0 Å². The zero-order chi connectivity index (χ0) is 21.9. The Balaban J connectivity index is 0.00000160. The van der Waals surface area contributed by atoms with Gasteiger partial charge >= 0.3 is 0 Å². The number of hydrogen-bond donors (Lipinski definition) is 0. The highest BCUT2D eigenvalue weighted by Crippen LogP contribution is 2.32. The van der Waals surface area contributed by atoms with Crippen molar-refractivity contribution in [1.82, 2.24) is 0 Å². The van der Waals surface area contributed by atoms with Crippen molar-refractivity contribution >= 4 is 0 Å². The van der Waals surface area contributed by atoms with Crippen LogP contribution < -0.4 is 0 Å². The molecule has 1 saturated carbocycles. The summed E-state index contributed by atoms with van der Waals surface area (Å²) in [6, 6.07) is 0. The number of hydrogen-bond acceptors (Lipinski definition) is 1. The molecule has 4 unspecified atom stereocenters. The summed E-state index contributed by atoms with van der Waals surface area (Å²) < 4.78 is 32.5. The number of allylic oxidation sites excluding steroid dienone is 3. The standard InChI is InChI=1S/C21H36F2O.C4H8/c1-9-14(2)10-11-15(3)16(4)12-13-17(5)18(6)20(22)21(23)19(7)24-8;1-4-2-3-4/h14-17H,6-7,9-13H2,1-5,8H3;4H,2-3H2,1H3/b21-20-;. The monoisotopic (exact) mass is 398 g/mol. The van der Waals surface area contributed by atoms with Crippen molar-refractivity contribution in [3.8, 4) is 0 Å². The summed E-state index contributed by atoms with van der Waals surface area (Å²) in [6.07, 6.45) is 8.46. The summed E-state index contributed by atoms with van der Waals surface area (Å²) in [4.78, 5) is 0. The number of ether oxygens (including phenoxy) is 1. The predicted molar refractivity (Wildman–Crippen MR) is 118 cm³/mol. The molecule has 164 valence electrons. The van der Waals surface area contributed by atoms with Gasteiger partial charge in [-0.2, -0.15) is 4.39 Å². The van der Waals surface area contributed by atoms with Crippen LogP contribution >= 0.6 is 0 Å². The first-order chi connectivity index (χ1) is 13.0. The van der Waals surface area contributed by atoms with Crippen molar-refractivity contribution in [3.05, 3.63) is 36.1 Å². The Morgan fingerprint density at radius 1 is 0.929 bits per heavy atom. The zero-order valence-electron chi connectivity index (χ0n) is 19.4. The smallest absolute Gasteiger partial charge is 0.200 e. The lowest BCUT2D eigenvalue weighted by atomic mass is 9.83. The van der Waals surface area contributed by atoms with Crippen molar-refractivity contribution in [2.45, 2.75) is 86.5 Å². The fraction of sp³-hybridized carbons (Fsp3) is 0.760. The normalized spacial score (nSPS) is 18.8. The van der Waals surface area contributed by atoms with Gasteiger partial charge in [0.15, 0.2) is 11.7 Å². The average Bonchev–Trinajstić information content (AvgIpc) is 3.49. The summed E-state index contributed by atoms with van der Waals surface area (Å²) in [5.41, 5.74) is 0.185. The molecule has 1 aliphatic rings. The molecule has 1 fully saturated rings. The minimum atomic E-state index is -1.05. The van der Waals surface area contributed by atoms with Crippen molar-refractivity contribution in [2.75, 3.05) is 7.11 Å². The molecule has 28 heavy (non-hydrogen) atoms. The Hall–Kier alpha value is -1.12. The number of rotatable bonds is 12. The fourth-order valence-electron chi connectivity index (χ4n) is 2.74. The van der Waals surface area contributed by atoms with Crippen molar-refractivity contribution in [2.24, 2.45) is 29.6 Å². The first-order valence-electron chi connectivity index (χ1n) is 11.0. The minimum Gasteiger partial charge on any atom is -0.494 e. The van der Waals surface area contributed by atoms with Crippen LogP contribution in [0.5, 0.6) is 0 Å². The molecule has 1 nitrogen and oxygen atoms in total. The van der Waals surface area contributed by atoms with E-state index in [4.69, 9.17) is 0 Å². The third-order valence-electron chi connectivity index (χ3n) is 6.26. The molecule has 0 radical (unpaired) electrons. The van der Waals surface area contributed by atoms with Crippen LogP contribution in [0.25, 0.3) is 0 Å². The Morgan fingerprint density at radius 2 is 1.39 bits per heavy atom. The largest absolute Gasteiger partial charge is 0.494 e. The molecule has 0 aromatic carbocycles. The molecule has 0 aliphatic heterocycles. The molecular weight excluding hydrogens is 354 g/mol. The van der Waals surface area contributed by atoms with E-state index in [2.05, 4.69) is 52.5 Å². The lowest BCUT2D eigenvalue weighted by molar-refractivity contribution is 0.279. The Bertz CT molecular complexity index is 505. The molecule has 3 heteroatoms. The summed E-state index contributed by atoms with van der Waals surface area (Å²) in [5.74, 6) is 0.670. The molecule has 0 heterocycles. The van der Waals surface area contributed by atoms with E-state index in [9.17, 15) is 8.78 Å². The average molecular weight is 399 g/mol. The third-order valence-corrected chi connectivity index (χ3v) is 6.26. The molecule has 0 saturated heterocycles. The highest BCUT2D eigenvalue weighted by molar-refractivity contribution is 5.33. The Morgan fingerprint density at radius 3 is 1.79 bits per heavy atom. The zero-order valence-corrected chi connectivity index (χ0v) is 19.4. The second-order valence-corrected chi connectivity index (χ2v) is 8.99. The molecule has 0 aromatic rings. The highest BCUT2D eigenvalue weighted by Gasteiger charge is 2.20. The van der Waals surface area contributed by atoms with Gasteiger partial charge in [0.25, 0.3) is 0 Å². The maximum absolute atomic E-state index is 14.1. The van der Waals surface area contributed by atoms with Gasteiger partial charge < -0.3 is 4.74 Å². The maximum atomic E-state index is 14.1. The van der Waals surface area contributed by atoms with Gasteiger partial charge in [0.2, 0.25) is 0 Å². The first kappa shape index (κ1) is 26.9. The van der Waals surface area contributed by atoms with E-state index in [0.717, 1.165) is 24.7 Å². The van der Waals surface area contributed by atoms with Gasteiger partial charge in [-0.3, -0.25) is 0 Å². The Labute approximate surface area is 173 Å². The van der Waals surface area contributed by atoms with Crippen LogP contribution in [-0.4, -0.2) is 7.11 Å². The van der Waals surface area contributed by atoms with E-state index < -0.39 is 11.7 Å². The van der Waals surface area contributed by atoms with Crippen LogP contribution in [0, 0.1) is 29.6 Å². The minimum absolute atomic E-state index is 0.107. The summed E-state index contributed by atoms with van der Waals surface area (Å²) in [6.45, 7) is 20.3. The van der Waals surface area contributed by atoms with Crippen LogP contribution in [0.3, 0.4) is 0 Å². The molecule has 0 amide bonds. The van der Waals surface area contributed by atoms with Crippen LogP contribution in [0.4, 0.5) is 8.78 Å². The van der Waals surface area contributed by atoms with Gasteiger partial charge in [-0.15, -0.1) is 0 Å². The lowest BCUT2D eigenvalue weighted by Crippen LogP contribution is -2.12. The topological polar surface area (TPSA) is 9.23 Å². The highest BCUT2D eigenvalue weighted by atomic mass is 19.2. The Kier molecular flexibility index (Phi) is 13.4. The van der Waals surface area contributed by atoms with E-state index in [1.54, 1.807) is 0 Å². The van der Waals surface area contributed by atoms with E-state index in [0.29, 0.717) is 11.8 Å². The van der Waals surface area contributed by atoms with Gasteiger partial charge in [0.1, 0.15) is 5.76 Å². The summed E-state index contributed by atoms with van der Waals surface area (Å²) >= 11 is 0. The van der Waals surface area contributed by atoms with Gasteiger partial charge in [-0.25, -0.2) is 4.39 Å². The molecule has 0 bridgehead atoms. The third kappa shape index (κ3) is 11.0. The predicted octanol–water partition coefficient (Wildman–Crippen LogP) is 8.78. The fourth-order valence-corrected chi connectivity index (χ4v) is 2.74. The molecule has 0 aromatic heterocycles. The van der Waals surface area contributed by atoms with Crippen LogP contribution in [-0.2, 0) is 4.74 Å².